The molecule has 1 aromatic rings. The van der Waals surface area contributed by atoms with Crippen LogP contribution >= 0.6 is 11.6 Å². The van der Waals surface area contributed by atoms with Crippen molar-refractivity contribution in [3.63, 3.8) is 0 Å². The first kappa shape index (κ1) is 13.3. The van der Waals surface area contributed by atoms with E-state index in [9.17, 15) is 0 Å². The van der Waals surface area contributed by atoms with Gasteiger partial charge >= 0.3 is 0 Å². The minimum atomic E-state index is 0.479. The highest BCUT2D eigenvalue weighted by molar-refractivity contribution is 6.17. The van der Waals surface area contributed by atoms with Crippen molar-refractivity contribution in [1.29, 1.82) is 0 Å². The zero-order chi connectivity index (χ0) is 11.8. The number of benzene rings is 1. The lowest BCUT2D eigenvalue weighted by Gasteiger charge is -2.10. The van der Waals surface area contributed by atoms with Gasteiger partial charge in [-0.1, -0.05) is 24.6 Å². The van der Waals surface area contributed by atoms with Crippen LogP contribution in [0.2, 0.25) is 0 Å². The standard InChI is InChI=1S/C13H19ClO2/c1-3-6-15-7-8-16-13-5-4-11(2)9-12(13)10-14/h4-5,9H,3,6-8,10H2,1-2H3. The van der Waals surface area contributed by atoms with Crippen molar-refractivity contribution in [2.24, 2.45) is 0 Å². The molecule has 1 aromatic carbocycles. The predicted octanol–water partition coefficient (Wildman–Crippen LogP) is 3.54. The Kier molecular flexibility index (Phi) is 6.27. The van der Waals surface area contributed by atoms with Crippen LogP contribution < -0.4 is 4.74 Å². The van der Waals surface area contributed by atoms with E-state index in [-0.39, 0.29) is 0 Å². The molecule has 0 saturated heterocycles. The molecule has 0 unspecified atom stereocenters. The fourth-order valence-electron chi connectivity index (χ4n) is 1.41. The summed E-state index contributed by atoms with van der Waals surface area (Å²) in [5.74, 6) is 1.34. The quantitative estimate of drug-likeness (QED) is 0.538. The summed E-state index contributed by atoms with van der Waals surface area (Å²) in [5.41, 5.74) is 2.24. The molecular weight excluding hydrogens is 224 g/mol. The average Bonchev–Trinajstić information content (AvgIpc) is 2.30. The Morgan fingerprint density at radius 1 is 1.19 bits per heavy atom. The number of hydrogen-bond acceptors (Lipinski definition) is 2. The largest absolute Gasteiger partial charge is 0.491 e. The molecule has 2 nitrogen and oxygen atoms in total. The van der Waals surface area contributed by atoms with Gasteiger partial charge in [0.05, 0.1) is 12.5 Å². The molecule has 0 radical (unpaired) electrons. The molecule has 0 bridgehead atoms. The Morgan fingerprint density at radius 2 is 2.00 bits per heavy atom. The van der Waals surface area contributed by atoms with E-state index in [0.29, 0.717) is 19.1 Å². The SMILES string of the molecule is CCCOCCOc1ccc(C)cc1CCl. The van der Waals surface area contributed by atoms with Crippen LogP contribution in [0.5, 0.6) is 5.75 Å². The molecule has 16 heavy (non-hydrogen) atoms. The number of rotatable bonds is 7. The molecule has 0 atom stereocenters. The van der Waals surface area contributed by atoms with Gasteiger partial charge in [0.1, 0.15) is 12.4 Å². The third-order valence-electron chi connectivity index (χ3n) is 2.19. The molecule has 0 amide bonds. The van der Waals surface area contributed by atoms with Gasteiger partial charge in [-0.15, -0.1) is 11.6 Å². The van der Waals surface area contributed by atoms with Gasteiger partial charge in [0.25, 0.3) is 0 Å². The lowest BCUT2D eigenvalue weighted by Crippen LogP contribution is -2.08. The zero-order valence-corrected chi connectivity index (χ0v) is 10.7. The molecule has 0 fully saturated rings. The summed E-state index contributed by atoms with van der Waals surface area (Å²) < 4.78 is 11.0. The number of aryl methyl sites for hydroxylation is 1. The molecule has 1 rings (SSSR count). The van der Waals surface area contributed by atoms with Crippen LogP contribution in [-0.4, -0.2) is 19.8 Å². The second-order valence-corrected chi connectivity index (χ2v) is 3.97. The first-order chi connectivity index (χ1) is 7.77. The second kappa shape index (κ2) is 7.53. The molecule has 0 saturated carbocycles. The maximum absolute atomic E-state index is 5.86. The molecule has 3 heteroatoms. The van der Waals surface area contributed by atoms with Crippen LogP contribution in [0.4, 0.5) is 0 Å². The number of alkyl halides is 1. The van der Waals surface area contributed by atoms with Crippen molar-refractivity contribution in [1.82, 2.24) is 0 Å². The third kappa shape index (κ3) is 4.42. The summed E-state index contributed by atoms with van der Waals surface area (Å²) >= 11 is 5.86. The Balaban J connectivity index is 2.41. The van der Waals surface area contributed by atoms with Crippen LogP contribution in [0.3, 0.4) is 0 Å². The van der Waals surface area contributed by atoms with Gasteiger partial charge < -0.3 is 9.47 Å². The molecule has 0 aliphatic rings. The van der Waals surface area contributed by atoms with Crippen molar-refractivity contribution in [3.05, 3.63) is 29.3 Å². The zero-order valence-electron chi connectivity index (χ0n) is 9.96. The summed E-state index contributed by atoms with van der Waals surface area (Å²) in [4.78, 5) is 0. The molecule has 0 N–H and O–H groups in total. The Morgan fingerprint density at radius 3 is 2.69 bits per heavy atom. The van der Waals surface area contributed by atoms with E-state index < -0.39 is 0 Å². The van der Waals surface area contributed by atoms with Crippen LogP contribution in [0, 0.1) is 6.92 Å². The highest BCUT2D eigenvalue weighted by Gasteiger charge is 2.02. The predicted molar refractivity (Wildman–Crippen MR) is 67.3 cm³/mol. The maximum atomic E-state index is 5.86. The molecule has 90 valence electrons. The average molecular weight is 243 g/mol. The van der Waals surface area contributed by atoms with Crippen molar-refractivity contribution in [2.75, 3.05) is 19.8 Å². The molecule has 0 heterocycles. The smallest absolute Gasteiger partial charge is 0.123 e. The fraction of sp³-hybridized carbons (Fsp3) is 0.538. The Hall–Kier alpha value is -0.730. The maximum Gasteiger partial charge on any atom is 0.123 e. The molecule has 0 aliphatic carbocycles. The summed E-state index contributed by atoms with van der Waals surface area (Å²) in [6.45, 7) is 6.13. The molecule has 0 aliphatic heterocycles. The fourth-order valence-corrected chi connectivity index (χ4v) is 1.62. The first-order valence-corrected chi connectivity index (χ1v) is 6.17. The lowest BCUT2D eigenvalue weighted by atomic mass is 10.1. The third-order valence-corrected chi connectivity index (χ3v) is 2.48. The second-order valence-electron chi connectivity index (χ2n) is 3.71. The van der Waals surface area contributed by atoms with Crippen LogP contribution in [0.25, 0.3) is 0 Å². The normalized spacial score (nSPS) is 10.4. The van der Waals surface area contributed by atoms with Gasteiger partial charge in [0.15, 0.2) is 0 Å². The van der Waals surface area contributed by atoms with E-state index in [1.165, 1.54) is 5.56 Å². The topological polar surface area (TPSA) is 18.5 Å². The first-order valence-electron chi connectivity index (χ1n) is 5.64. The van der Waals surface area contributed by atoms with E-state index >= 15 is 0 Å². The number of ether oxygens (including phenoxy) is 2. The number of hydrogen-bond donors (Lipinski definition) is 0. The van der Waals surface area contributed by atoms with Gasteiger partial charge in [-0.05, 0) is 19.4 Å². The van der Waals surface area contributed by atoms with Crippen molar-refractivity contribution < 1.29 is 9.47 Å². The Labute approximate surface area is 103 Å². The van der Waals surface area contributed by atoms with Crippen molar-refractivity contribution in [3.8, 4) is 5.75 Å². The lowest BCUT2D eigenvalue weighted by molar-refractivity contribution is 0.100. The summed E-state index contributed by atoms with van der Waals surface area (Å²) in [6.07, 6.45) is 1.04. The highest BCUT2D eigenvalue weighted by Crippen LogP contribution is 2.21. The van der Waals surface area contributed by atoms with E-state index in [2.05, 4.69) is 13.0 Å². The molecule has 0 spiro atoms. The van der Waals surface area contributed by atoms with E-state index in [4.69, 9.17) is 21.1 Å². The monoisotopic (exact) mass is 242 g/mol. The van der Waals surface area contributed by atoms with Gasteiger partial charge in [0.2, 0.25) is 0 Å². The van der Waals surface area contributed by atoms with E-state index in [0.717, 1.165) is 24.3 Å². The van der Waals surface area contributed by atoms with Crippen molar-refractivity contribution in [2.45, 2.75) is 26.1 Å². The van der Waals surface area contributed by atoms with Gasteiger partial charge in [-0.3, -0.25) is 0 Å². The van der Waals surface area contributed by atoms with Crippen molar-refractivity contribution >= 4 is 11.6 Å². The van der Waals surface area contributed by atoms with E-state index in [1.54, 1.807) is 0 Å². The Bertz CT molecular complexity index is 313. The number of halogens is 1. The van der Waals surface area contributed by atoms with Crippen LogP contribution in [0.1, 0.15) is 24.5 Å². The minimum absolute atomic E-state index is 0.479. The summed E-state index contributed by atoms with van der Waals surface area (Å²) in [6, 6.07) is 6.04. The summed E-state index contributed by atoms with van der Waals surface area (Å²) in [5, 5.41) is 0. The van der Waals surface area contributed by atoms with Gasteiger partial charge in [0, 0.05) is 12.2 Å². The van der Waals surface area contributed by atoms with E-state index in [1.807, 2.05) is 19.1 Å². The van der Waals surface area contributed by atoms with Crippen LogP contribution in [0.15, 0.2) is 18.2 Å². The van der Waals surface area contributed by atoms with Gasteiger partial charge in [-0.2, -0.15) is 0 Å². The minimum Gasteiger partial charge on any atom is -0.491 e. The van der Waals surface area contributed by atoms with Gasteiger partial charge in [-0.25, -0.2) is 0 Å². The molecule has 0 aromatic heterocycles. The summed E-state index contributed by atoms with van der Waals surface area (Å²) in [7, 11) is 0. The highest BCUT2D eigenvalue weighted by atomic mass is 35.5. The van der Waals surface area contributed by atoms with Crippen LogP contribution in [-0.2, 0) is 10.6 Å². The molecular formula is C13H19ClO2.